The summed E-state index contributed by atoms with van der Waals surface area (Å²) in [6.45, 7) is 0. The van der Waals surface area contributed by atoms with Crippen LogP contribution in [0.5, 0.6) is 0 Å². The Labute approximate surface area is 222 Å². The molecule has 1 saturated carbocycles. The predicted molar refractivity (Wildman–Crippen MR) is 143 cm³/mol. The molecule has 0 aromatic heterocycles. The molecule has 38 heavy (non-hydrogen) atoms. The zero-order chi connectivity index (χ0) is 26.7. The average Bonchev–Trinajstić information content (AvgIpc) is 3.49. The van der Waals surface area contributed by atoms with Gasteiger partial charge in [0.2, 0.25) is 0 Å². The van der Waals surface area contributed by atoms with Gasteiger partial charge < -0.3 is 20.1 Å². The highest BCUT2D eigenvalue weighted by Gasteiger charge is 2.53. The second-order valence-corrected chi connectivity index (χ2v) is 10.4. The van der Waals surface area contributed by atoms with Crippen LogP contribution in [-0.4, -0.2) is 45.1 Å². The van der Waals surface area contributed by atoms with Crippen LogP contribution in [0.3, 0.4) is 0 Å². The van der Waals surface area contributed by atoms with E-state index in [-0.39, 0.29) is 11.5 Å². The Hall–Kier alpha value is -3.74. The molecule has 3 aromatic rings. The number of ether oxygens (including phenoxy) is 1. The number of rotatable bonds is 8. The van der Waals surface area contributed by atoms with Gasteiger partial charge in [0.1, 0.15) is 0 Å². The van der Waals surface area contributed by atoms with Gasteiger partial charge in [0.15, 0.2) is 5.60 Å². The lowest BCUT2D eigenvalue weighted by molar-refractivity contribution is -0.150. The quantitative estimate of drug-likeness (QED) is 0.295. The Morgan fingerprint density at radius 2 is 1.58 bits per heavy atom. The number of aliphatic hydroxyl groups is 2. The maximum atomic E-state index is 13.3. The Morgan fingerprint density at radius 1 is 0.921 bits per heavy atom. The number of aliphatic hydroxyl groups excluding tert-OH is 2. The summed E-state index contributed by atoms with van der Waals surface area (Å²) in [4.78, 5) is 25.2. The van der Waals surface area contributed by atoms with Crippen molar-refractivity contribution in [3.05, 3.63) is 108 Å². The predicted octanol–water partition coefficient (Wildman–Crippen LogP) is 4.83. The highest BCUT2D eigenvalue weighted by Crippen LogP contribution is 2.44. The minimum atomic E-state index is -1.62. The van der Waals surface area contributed by atoms with Crippen LogP contribution >= 0.6 is 0 Å². The van der Waals surface area contributed by atoms with Crippen molar-refractivity contribution in [1.29, 1.82) is 0 Å². The van der Waals surface area contributed by atoms with E-state index in [1.54, 1.807) is 30.4 Å². The van der Waals surface area contributed by atoms with E-state index in [4.69, 9.17) is 4.74 Å². The molecule has 0 aliphatic heterocycles. The van der Waals surface area contributed by atoms with Gasteiger partial charge in [0.05, 0.1) is 24.2 Å². The molecule has 0 radical (unpaired) electrons. The highest BCUT2D eigenvalue weighted by molar-refractivity contribution is 5.91. The number of benzene rings is 3. The largest absolute Gasteiger partial charge is 0.481 e. The van der Waals surface area contributed by atoms with E-state index < -0.39 is 42.1 Å². The molecule has 0 amide bonds. The summed E-state index contributed by atoms with van der Waals surface area (Å²) >= 11 is 0. The van der Waals surface area contributed by atoms with Gasteiger partial charge in [0, 0.05) is 5.92 Å². The van der Waals surface area contributed by atoms with E-state index in [1.807, 2.05) is 48.5 Å². The third-order valence-corrected chi connectivity index (χ3v) is 7.96. The van der Waals surface area contributed by atoms with Crippen LogP contribution in [0.15, 0.2) is 91.0 Å². The minimum Gasteiger partial charge on any atom is -0.481 e. The fraction of sp³-hybridized carbons (Fsp3) is 0.312. The third-order valence-electron chi connectivity index (χ3n) is 7.96. The first-order valence-corrected chi connectivity index (χ1v) is 13.1. The first kappa shape index (κ1) is 25.9. The smallest absolute Gasteiger partial charge is 0.338 e. The fourth-order valence-electron chi connectivity index (χ4n) is 5.92. The normalized spacial score (nSPS) is 23.8. The van der Waals surface area contributed by atoms with Gasteiger partial charge in [-0.15, -0.1) is 0 Å². The number of fused-ring (bicyclic) bond motifs is 1. The molecule has 6 nitrogen and oxygen atoms in total. The van der Waals surface area contributed by atoms with Crippen molar-refractivity contribution in [3.63, 3.8) is 0 Å². The Balaban J connectivity index is 1.36. The summed E-state index contributed by atoms with van der Waals surface area (Å²) in [5.41, 5.74) is 2.88. The van der Waals surface area contributed by atoms with E-state index in [9.17, 15) is 24.9 Å². The first-order valence-electron chi connectivity index (χ1n) is 13.1. The fourth-order valence-corrected chi connectivity index (χ4v) is 5.92. The molecule has 2 aliphatic carbocycles. The lowest BCUT2D eigenvalue weighted by Crippen LogP contribution is -2.48. The van der Waals surface area contributed by atoms with Crippen LogP contribution < -0.4 is 0 Å². The van der Waals surface area contributed by atoms with Crippen molar-refractivity contribution in [3.8, 4) is 11.1 Å². The van der Waals surface area contributed by atoms with Gasteiger partial charge in [-0.2, -0.15) is 0 Å². The number of aliphatic carboxylic acids is 1. The lowest BCUT2D eigenvalue weighted by atomic mass is 9.84. The first-order chi connectivity index (χ1) is 18.4. The molecule has 196 valence electrons. The summed E-state index contributed by atoms with van der Waals surface area (Å²) in [5, 5.41) is 31.6. The zero-order valence-electron chi connectivity index (χ0n) is 21.1. The Bertz CT molecular complexity index is 1310. The third kappa shape index (κ3) is 5.28. The molecule has 1 fully saturated rings. The van der Waals surface area contributed by atoms with Gasteiger partial charge in [-0.1, -0.05) is 78.9 Å². The Kier molecular flexibility index (Phi) is 7.45. The van der Waals surface area contributed by atoms with Crippen LogP contribution in [0.1, 0.15) is 40.7 Å². The number of carbonyl (C=O) groups excluding carboxylic acids is 1. The van der Waals surface area contributed by atoms with Crippen molar-refractivity contribution in [1.82, 2.24) is 0 Å². The second-order valence-electron chi connectivity index (χ2n) is 10.4. The number of hydrogen-bond acceptors (Lipinski definition) is 5. The molecule has 5 rings (SSSR count). The number of carboxylic acid groups (broad SMARTS) is 1. The van der Waals surface area contributed by atoms with Gasteiger partial charge in [-0.25, -0.2) is 4.79 Å². The molecule has 4 unspecified atom stereocenters. The van der Waals surface area contributed by atoms with Crippen LogP contribution in [0, 0.1) is 11.8 Å². The maximum Gasteiger partial charge on any atom is 0.338 e. The van der Waals surface area contributed by atoms with Crippen LogP contribution in [0.4, 0.5) is 0 Å². The van der Waals surface area contributed by atoms with E-state index in [0.29, 0.717) is 12.8 Å². The summed E-state index contributed by atoms with van der Waals surface area (Å²) < 4.78 is 5.92. The topological polar surface area (TPSA) is 104 Å². The molecule has 0 bridgehead atoms. The number of esters is 1. The minimum absolute atomic E-state index is 0.0205. The van der Waals surface area contributed by atoms with E-state index in [0.717, 1.165) is 24.0 Å². The molecular weight excluding hydrogens is 480 g/mol. The maximum absolute atomic E-state index is 13.3. The van der Waals surface area contributed by atoms with Crippen molar-refractivity contribution in [2.24, 2.45) is 11.8 Å². The van der Waals surface area contributed by atoms with Crippen molar-refractivity contribution < 1.29 is 29.6 Å². The molecular formula is C32H32O6. The monoisotopic (exact) mass is 512 g/mol. The van der Waals surface area contributed by atoms with Crippen LogP contribution in [-0.2, 0) is 22.4 Å². The van der Waals surface area contributed by atoms with Crippen LogP contribution in [0.2, 0.25) is 0 Å². The molecule has 0 heterocycles. The van der Waals surface area contributed by atoms with Gasteiger partial charge >= 0.3 is 11.9 Å². The lowest BCUT2D eigenvalue weighted by Gasteiger charge is -2.35. The summed E-state index contributed by atoms with van der Waals surface area (Å²) in [5.74, 6) is -2.38. The molecule has 2 aliphatic rings. The molecule has 4 atom stereocenters. The van der Waals surface area contributed by atoms with Gasteiger partial charge in [-0.3, -0.25) is 4.79 Å². The summed E-state index contributed by atoms with van der Waals surface area (Å²) in [6.07, 6.45) is 3.29. The SMILES string of the molecule is O=C(O)CC1(OC(=O)c2cccc(-c3ccccc3)c2)C(O)CCC1C=CC(O)C1Cc2ccccc2C1. The molecule has 3 N–H and O–H groups in total. The highest BCUT2D eigenvalue weighted by atomic mass is 16.6. The molecule has 6 heteroatoms. The molecule has 3 aromatic carbocycles. The van der Waals surface area contributed by atoms with Crippen molar-refractivity contribution in [2.45, 2.75) is 49.9 Å². The molecule has 0 saturated heterocycles. The number of hydrogen-bond donors (Lipinski definition) is 3. The van der Waals surface area contributed by atoms with Crippen molar-refractivity contribution >= 4 is 11.9 Å². The van der Waals surface area contributed by atoms with Crippen molar-refractivity contribution in [2.75, 3.05) is 0 Å². The zero-order valence-corrected chi connectivity index (χ0v) is 21.1. The van der Waals surface area contributed by atoms with Gasteiger partial charge in [0.25, 0.3) is 0 Å². The summed E-state index contributed by atoms with van der Waals surface area (Å²) in [6, 6.07) is 24.7. The van der Waals surface area contributed by atoms with E-state index >= 15 is 0 Å². The van der Waals surface area contributed by atoms with E-state index in [2.05, 4.69) is 12.1 Å². The standard InChI is InChI=1S/C32H32O6/c33-28(26-18-23-9-4-5-10-24(23)19-26)15-13-27-14-16-29(34)32(27,20-30(35)36)38-31(37)25-12-6-11-22(17-25)21-7-2-1-3-8-21/h1-13,15,17,26-29,33-34H,14,16,18-20H2,(H,35,36). The Morgan fingerprint density at radius 3 is 2.26 bits per heavy atom. The van der Waals surface area contributed by atoms with E-state index in [1.165, 1.54) is 11.1 Å². The molecule has 0 spiro atoms. The number of carboxylic acids is 1. The van der Waals surface area contributed by atoms with Gasteiger partial charge in [-0.05, 0) is 66.0 Å². The summed E-state index contributed by atoms with van der Waals surface area (Å²) in [7, 11) is 0. The average molecular weight is 513 g/mol. The second kappa shape index (κ2) is 10.9. The number of carbonyl (C=O) groups is 2. The van der Waals surface area contributed by atoms with Crippen LogP contribution in [0.25, 0.3) is 11.1 Å².